The summed E-state index contributed by atoms with van der Waals surface area (Å²) in [6.07, 6.45) is 21.3. The van der Waals surface area contributed by atoms with E-state index in [0.29, 0.717) is 0 Å². The van der Waals surface area contributed by atoms with Crippen LogP contribution in [0.15, 0.2) is 49.0 Å². The second-order valence-electron chi connectivity index (χ2n) is 13.2. The number of allylic oxidation sites excluding steroid dienone is 1. The molecule has 2 aliphatic rings. The number of unbranched alkanes of at least 4 members (excludes halogenated alkanes) is 1. The predicted octanol–water partition coefficient (Wildman–Crippen LogP) is 11.6. The highest BCUT2D eigenvalue weighted by Crippen LogP contribution is 2.30. The largest absolute Gasteiger partial charge is 0.295 e. The van der Waals surface area contributed by atoms with Gasteiger partial charge in [0.2, 0.25) is 0 Å². The van der Waals surface area contributed by atoms with Gasteiger partial charge >= 0.3 is 0 Å². The molecule has 2 unspecified atom stereocenters. The van der Waals surface area contributed by atoms with Crippen molar-refractivity contribution in [2.45, 2.75) is 130 Å². The number of rotatable bonds is 12. The zero-order valence-electron chi connectivity index (χ0n) is 26.6. The molecule has 0 spiro atoms. The smallest absolute Gasteiger partial charge is 0.159 e. The second kappa shape index (κ2) is 17.8. The van der Waals surface area contributed by atoms with Crippen molar-refractivity contribution in [3.05, 3.63) is 76.9 Å². The molecule has 224 valence electrons. The number of carbonyl (C=O) groups is 1. The summed E-state index contributed by atoms with van der Waals surface area (Å²) in [5.41, 5.74) is 7.22. The second-order valence-corrected chi connectivity index (χ2v) is 13.9. The molecule has 2 fully saturated rings. The van der Waals surface area contributed by atoms with E-state index >= 15 is 0 Å². The average Bonchev–Trinajstić information content (AvgIpc) is 2.97. The molecule has 2 heteroatoms. The molecule has 1 nitrogen and oxygen atoms in total. The van der Waals surface area contributed by atoms with Gasteiger partial charge in [0.05, 0.1) is 0 Å². The molecule has 0 aliphatic heterocycles. The molecule has 0 amide bonds. The topological polar surface area (TPSA) is 17.1 Å². The molecule has 0 aromatic heterocycles. The Morgan fingerprint density at radius 2 is 1.44 bits per heavy atom. The van der Waals surface area contributed by atoms with Gasteiger partial charge in [0.1, 0.15) is 0 Å². The standard InChI is InChI=1S/C30H40O.C9H16S/c1-23(2)30-22-29(24(3)31)21-20-28(30)15-8-7-12-26-16-18-27(19-17-26)14-9-13-25-10-5-4-6-11-25;1-7-4-3-5-9(6-7)8(2)10/h16-22,25H,1,4-15H2,2-3H3;7,9H,3-6H2,1-2H3. The zero-order chi connectivity index (χ0) is 29.6. The molecule has 0 N–H and O–H groups in total. The van der Waals surface area contributed by atoms with Gasteiger partial charge in [0, 0.05) is 5.56 Å². The van der Waals surface area contributed by atoms with Gasteiger partial charge < -0.3 is 0 Å². The van der Waals surface area contributed by atoms with Crippen LogP contribution in [0.1, 0.15) is 144 Å². The van der Waals surface area contributed by atoms with Crippen LogP contribution in [0.5, 0.6) is 0 Å². The first kappa shape index (κ1) is 33.4. The predicted molar refractivity (Wildman–Crippen MR) is 183 cm³/mol. The van der Waals surface area contributed by atoms with Crippen LogP contribution < -0.4 is 0 Å². The number of thiocarbonyl (C=S) groups is 1. The summed E-state index contributed by atoms with van der Waals surface area (Å²) in [5.74, 6) is 2.79. The van der Waals surface area contributed by atoms with Crippen LogP contribution in [-0.2, 0) is 19.3 Å². The minimum Gasteiger partial charge on any atom is -0.295 e. The van der Waals surface area contributed by atoms with E-state index in [0.717, 1.165) is 53.7 Å². The van der Waals surface area contributed by atoms with E-state index < -0.39 is 0 Å². The van der Waals surface area contributed by atoms with Crippen LogP contribution >= 0.6 is 12.2 Å². The van der Waals surface area contributed by atoms with Crippen LogP contribution in [0.3, 0.4) is 0 Å². The number of hydrogen-bond donors (Lipinski definition) is 0. The summed E-state index contributed by atoms with van der Waals surface area (Å²) >= 11 is 5.17. The number of benzene rings is 2. The van der Waals surface area contributed by atoms with Crippen molar-refractivity contribution in [2.24, 2.45) is 17.8 Å². The summed E-state index contributed by atoms with van der Waals surface area (Å²) in [6.45, 7) is 12.2. The Morgan fingerprint density at radius 1 is 0.805 bits per heavy atom. The molecule has 2 aliphatic carbocycles. The van der Waals surface area contributed by atoms with E-state index in [2.05, 4.69) is 50.8 Å². The summed E-state index contributed by atoms with van der Waals surface area (Å²) in [4.78, 5) is 12.9. The molecule has 2 saturated carbocycles. The van der Waals surface area contributed by atoms with Crippen molar-refractivity contribution >= 4 is 28.4 Å². The zero-order valence-corrected chi connectivity index (χ0v) is 27.4. The Morgan fingerprint density at radius 3 is 2.00 bits per heavy atom. The first-order valence-corrected chi connectivity index (χ1v) is 17.0. The molecule has 0 bridgehead atoms. The van der Waals surface area contributed by atoms with E-state index in [1.807, 2.05) is 19.1 Å². The van der Waals surface area contributed by atoms with Crippen molar-refractivity contribution in [3.63, 3.8) is 0 Å². The summed E-state index contributed by atoms with van der Waals surface area (Å²) < 4.78 is 0. The highest BCUT2D eigenvalue weighted by molar-refractivity contribution is 7.80. The van der Waals surface area contributed by atoms with Crippen molar-refractivity contribution in [3.8, 4) is 0 Å². The fourth-order valence-corrected chi connectivity index (χ4v) is 7.02. The maximum absolute atomic E-state index is 11.7. The van der Waals surface area contributed by atoms with Gasteiger partial charge in [-0.25, -0.2) is 0 Å². The van der Waals surface area contributed by atoms with Crippen LogP contribution in [0.4, 0.5) is 0 Å². The Kier molecular flexibility index (Phi) is 14.5. The summed E-state index contributed by atoms with van der Waals surface area (Å²) in [7, 11) is 0. The SMILES string of the molecule is C=C(C)c1cc(C(C)=O)ccc1CCCCc1ccc(CCCC2CCCCC2)cc1.CC(=S)C1CCCC(C)C1. The van der Waals surface area contributed by atoms with Crippen molar-refractivity contribution < 1.29 is 4.79 Å². The fourth-order valence-electron chi connectivity index (χ4n) is 6.80. The van der Waals surface area contributed by atoms with Gasteiger partial charge in [0.25, 0.3) is 0 Å². The minimum atomic E-state index is 0.117. The molecule has 2 atom stereocenters. The lowest BCUT2D eigenvalue weighted by Crippen LogP contribution is -2.18. The van der Waals surface area contributed by atoms with Crippen LogP contribution in [-0.4, -0.2) is 10.6 Å². The maximum Gasteiger partial charge on any atom is 0.159 e. The van der Waals surface area contributed by atoms with Gasteiger partial charge in [-0.1, -0.05) is 119 Å². The van der Waals surface area contributed by atoms with Crippen molar-refractivity contribution in [1.82, 2.24) is 0 Å². The van der Waals surface area contributed by atoms with Crippen molar-refractivity contribution in [2.75, 3.05) is 0 Å². The Bertz CT molecular complexity index is 1100. The number of aryl methyl sites for hydroxylation is 3. The number of hydrogen-bond acceptors (Lipinski definition) is 2. The van der Waals surface area contributed by atoms with E-state index in [9.17, 15) is 4.79 Å². The van der Waals surface area contributed by atoms with Crippen LogP contribution in [0.25, 0.3) is 5.57 Å². The highest BCUT2D eigenvalue weighted by atomic mass is 32.1. The molecule has 0 heterocycles. The average molecular weight is 573 g/mol. The lowest BCUT2D eigenvalue weighted by atomic mass is 9.81. The van der Waals surface area contributed by atoms with Gasteiger partial charge in [-0.3, -0.25) is 4.79 Å². The first-order valence-electron chi connectivity index (χ1n) is 16.6. The molecule has 4 rings (SSSR count). The van der Waals surface area contributed by atoms with E-state index in [-0.39, 0.29) is 5.78 Å². The normalized spacial score (nSPS) is 19.2. The van der Waals surface area contributed by atoms with Gasteiger partial charge in [-0.05, 0) is 123 Å². The molecule has 2 aromatic rings. The summed E-state index contributed by atoms with van der Waals surface area (Å²) in [5, 5.41) is 0. The van der Waals surface area contributed by atoms with Gasteiger partial charge in [-0.2, -0.15) is 0 Å². The van der Waals surface area contributed by atoms with E-state index in [4.69, 9.17) is 12.2 Å². The third-order valence-corrected chi connectivity index (χ3v) is 9.81. The quantitative estimate of drug-likeness (QED) is 0.143. The molecular weight excluding hydrogens is 516 g/mol. The highest BCUT2D eigenvalue weighted by Gasteiger charge is 2.19. The van der Waals surface area contributed by atoms with Crippen LogP contribution in [0.2, 0.25) is 0 Å². The van der Waals surface area contributed by atoms with Crippen molar-refractivity contribution in [1.29, 1.82) is 0 Å². The molecular formula is C39H56OS. The lowest BCUT2D eigenvalue weighted by Gasteiger charge is -2.25. The third kappa shape index (κ3) is 12.0. The Balaban J connectivity index is 0.000000389. The maximum atomic E-state index is 11.7. The fraction of sp³-hybridized carbons (Fsp3) is 0.590. The van der Waals surface area contributed by atoms with Crippen LogP contribution in [0, 0.1) is 17.8 Å². The van der Waals surface area contributed by atoms with E-state index in [1.165, 1.54) is 105 Å². The third-order valence-electron chi connectivity index (χ3n) is 9.47. The number of ketones is 1. The Labute approximate surface area is 257 Å². The molecule has 0 radical (unpaired) electrons. The number of carbonyl (C=O) groups excluding carboxylic acids is 1. The Hall–Kier alpha value is -2.06. The minimum absolute atomic E-state index is 0.117. The lowest BCUT2D eigenvalue weighted by molar-refractivity contribution is 0.101. The monoisotopic (exact) mass is 572 g/mol. The molecule has 0 saturated heterocycles. The van der Waals surface area contributed by atoms with E-state index in [1.54, 1.807) is 6.92 Å². The first-order chi connectivity index (χ1) is 19.7. The van der Waals surface area contributed by atoms with Gasteiger partial charge in [-0.15, -0.1) is 0 Å². The molecule has 41 heavy (non-hydrogen) atoms. The molecule has 2 aromatic carbocycles. The summed E-state index contributed by atoms with van der Waals surface area (Å²) in [6, 6.07) is 15.4. The van der Waals surface area contributed by atoms with Gasteiger partial charge in [0.15, 0.2) is 5.78 Å². The number of Topliss-reactive ketones (excluding diaryl/α,β-unsaturated/α-hetero) is 1.